The molecule has 0 aliphatic carbocycles. The van der Waals surface area contributed by atoms with E-state index in [1.807, 2.05) is 6.07 Å². The van der Waals surface area contributed by atoms with Crippen LogP contribution in [0.5, 0.6) is 0 Å². The minimum atomic E-state index is -3.80. The van der Waals surface area contributed by atoms with Gasteiger partial charge in [0, 0.05) is 6.42 Å². The number of carbonyl (C=O) groups is 3. The fraction of sp³-hybridized carbons (Fsp3) is 0.375. The number of esters is 1. The predicted molar refractivity (Wildman–Crippen MR) is 122 cm³/mol. The third-order valence-electron chi connectivity index (χ3n) is 4.36. The summed E-state index contributed by atoms with van der Waals surface area (Å²) in [5.41, 5.74) is -0.0474. The molecule has 0 heterocycles. The lowest BCUT2D eigenvalue weighted by molar-refractivity contribution is -0.157. The van der Waals surface area contributed by atoms with Gasteiger partial charge in [-0.15, -0.1) is 0 Å². The highest BCUT2D eigenvalue weighted by Crippen LogP contribution is 2.14. The summed E-state index contributed by atoms with van der Waals surface area (Å²) in [6.45, 7) is 5.02. The Morgan fingerprint density at radius 1 is 0.939 bits per heavy atom. The SMILES string of the molecule is CC(C)(C)OC(=O)C(CCC(=O)CS(=O)(=O)c1ccccc1)NC(=O)OCc1ccccc1. The molecule has 178 valence electrons. The second-order valence-electron chi connectivity index (χ2n) is 8.44. The molecule has 0 aliphatic rings. The van der Waals surface area contributed by atoms with E-state index in [1.54, 1.807) is 63.2 Å². The Hall–Kier alpha value is -3.20. The highest BCUT2D eigenvalue weighted by Gasteiger charge is 2.28. The molecule has 9 heteroatoms. The summed E-state index contributed by atoms with van der Waals surface area (Å²) >= 11 is 0. The first-order valence-corrected chi connectivity index (χ1v) is 12.1. The topological polar surface area (TPSA) is 116 Å². The summed E-state index contributed by atoms with van der Waals surface area (Å²) in [6.07, 6.45) is -1.22. The third-order valence-corrected chi connectivity index (χ3v) is 6.05. The van der Waals surface area contributed by atoms with Gasteiger partial charge in [-0.05, 0) is 44.9 Å². The van der Waals surface area contributed by atoms with Crippen molar-refractivity contribution in [2.45, 2.75) is 56.8 Å². The van der Waals surface area contributed by atoms with Crippen molar-refractivity contribution in [1.82, 2.24) is 5.32 Å². The van der Waals surface area contributed by atoms with Crippen LogP contribution in [0.1, 0.15) is 39.2 Å². The van der Waals surface area contributed by atoms with Crippen molar-refractivity contribution in [2.24, 2.45) is 0 Å². The van der Waals surface area contributed by atoms with Crippen LogP contribution in [-0.4, -0.2) is 43.7 Å². The molecule has 2 rings (SSSR count). The van der Waals surface area contributed by atoms with Crippen LogP contribution in [0.3, 0.4) is 0 Å². The van der Waals surface area contributed by atoms with Crippen LogP contribution in [0, 0.1) is 0 Å². The smallest absolute Gasteiger partial charge is 0.408 e. The number of Topliss-reactive ketones (excluding diaryl/α,β-unsaturated/α-hetero) is 1. The normalized spacial score (nSPS) is 12.5. The lowest BCUT2D eigenvalue weighted by atomic mass is 10.1. The lowest BCUT2D eigenvalue weighted by Crippen LogP contribution is -2.44. The first-order valence-electron chi connectivity index (χ1n) is 10.5. The van der Waals surface area contributed by atoms with Crippen molar-refractivity contribution in [3.05, 3.63) is 66.2 Å². The number of nitrogens with one attached hydrogen (secondary N) is 1. The number of ketones is 1. The monoisotopic (exact) mass is 475 g/mol. The highest BCUT2D eigenvalue weighted by atomic mass is 32.2. The summed E-state index contributed by atoms with van der Waals surface area (Å²) in [5.74, 6) is -2.01. The Bertz CT molecular complexity index is 1050. The van der Waals surface area contributed by atoms with Crippen LogP contribution in [0.25, 0.3) is 0 Å². The van der Waals surface area contributed by atoms with E-state index in [9.17, 15) is 22.8 Å². The molecular weight excluding hydrogens is 446 g/mol. The molecule has 0 saturated heterocycles. The second kappa shape index (κ2) is 11.6. The van der Waals surface area contributed by atoms with Gasteiger partial charge >= 0.3 is 12.1 Å². The van der Waals surface area contributed by atoms with Crippen molar-refractivity contribution < 1.29 is 32.3 Å². The third kappa shape index (κ3) is 9.44. The molecule has 2 aromatic rings. The molecule has 1 amide bonds. The number of carbonyl (C=O) groups excluding carboxylic acids is 3. The number of sulfone groups is 1. The molecular formula is C24H29NO7S. The number of ether oxygens (including phenoxy) is 2. The maximum Gasteiger partial charge on any atom is 0.408 e. The highest BCUT2D eigenvalue weighted by molar-refractivity contribution is 7.92. The van der Waals surface area contributed by atoms with Crippen LogP contribution < -0.4 is 5.32 Å². The quantitative estimate of drug-likeness (QED) is 0.523. The van der Waals surface area contributed by atoms with Gasteiger partial charge in [0.1, 0.15) is 29.8 Å². The van der Waals surface area contributed by atoms with Gasteiger partial charge in [-0.25, -0.2) is 18.0 Å². The standard InChI is InChI=1S/C24H29NO7S/c1-24(2,3)32-22(27)21(25-23(28)31-16-18-10-6-4-7-11-18)15-14-19(26)17-33(29,30)20-12-8-5-9-13-20/h4-13,21H,14-17H2,1-3H3,(H,25,28). The largest absolute Gasteiger partial charge is 0.458 e. The van der Waals surface area contributed by atoms with Crippen molar-refractivity contribution >= 4 is 27.7 Å². The van der Waals surface area contributed by atoms with Gasteiger partial charge in [-0.1, -0.05) is 48.5 Å². The maximum absolute atomic E-state index is 12.6. The Kier molecular flexibility index (Phi) is 9.16. The van der Waals surface area contributed by atoms with Gasteiger partial charge in [0.2, 0.25) is 0 Å². The van der Waals surface area contributed by atoms with E-state index in [2.05, 4.69) is 5.32 Å². The Morgan fingerprint density at radius 2 is 1.52 bits per heavy atom. The number of hydrogen-bond donors (Lipinski definition) is 1. The van der Waals surface area contributed by atoms with Crippen LogP contribution in [0.15, 0.2) is 65.6 Å². The number of benzene rings is 2. The fourth-order valence-electron chi connectivity index (χ4n) is 2.83. The van der Waals surface area contributed by atoms with E-state index in [1.165, 1.54) is 12.1 Å². The number of hydrogen-bond acceptors (Lipinski definition) is 7. The zero-order valence-electron chi connectivity index (χ0n) is 18.9. The van der Waals surface area contributed by atoms with E-state index in [0.717, 1.165) is 5.56 Å². The van der Waals surface area contributed by atoms with Gasteiger partial charge in [0.05, 0.1) is 4.90 Å². The number of amides is 1. The fourth-order valence-corrected chi connectivity index (χ4v) is 4.14. The van der Waals surface area contributed by atoms with Crippen LogP contribution in [0.2, 0.25) is 0 Å². The van der Waals surface area contributed by atoms with E-state index in [0.29, 0.717) is 0 Å². The minimum Gasteiger partial charge on any atom is -0.458 e. The van der Waals surface area contributed by atoms with Gasteiger partial charge in [-0.2, -0.15) is 0 Å². The first kappa shape index (κ1) is 26.1. The molecule has 0 aromatic heterocycles. The molecule has 8 nitrogen and oxygen atoms in total. The summed E-state index contributed by atoms with van der Waals surface area (Å²) in [5, 5.41) is 2.42. The summed E-state index contributed by atoms with van der Waals surface area (Å²) < 4.78 is 35.3. The summed E-state index contributed by atoms with van der Waals surface area (Å²) in [6, 6.07) is 15.5. The summed E-state index contributed by atoms with van der Waals surface area (Å²) in [4.78, 5) is 37.2. The van der Waals surface area contributed by atoms with Crippen LogP contribution in [-0.2, 0) is 35.5 Å². The molecule has 1 unspecified atom stereocenters. The average Bonchev–Trinajstić information content (AvgIpc) is 2.75. The molecule has 1 N–H and O–H groups in total. The van der Waals surface area contributed by atoms with Gasteiger partial charge in [-0.3, -0.25) is 4.79 Å². The summed E-state index contributed by atoms with van der Waals surface area (Å²) in [7, 11) is -3.80. The van der Waals surface area contributed by atoms with Crippen LogP contribution >= 0.6 is 0 Å². The molecule has 0 saturated carbocycles. The molecule has 1 atom stereocenters. The van der Waals surface area contributed by atoms with Gasteiger partial charge in [0.25, 0.3) is 0 Å². The zero-order valence-corrected chi connectivity index (χ0v) is 19.8. The molecule has 0 radical (unpaired) electrons. The lowest BCUT2D eigenvalue weighted by Gasteiger charge is -2.24. The van der Waals surface area contributed by atoms with E-state index >= 15 is 0 Å². The number of alkyl carbamates (subject to hydrolysis) is 1. The number of rotatable bonds is 10. The maximum atomic E-state index is 12.6. The van der Waals surface area contributed by atoms with E-state index in [-0.39, 0.29) is 24.3 Å². The van der Waals surface area contributed by atoms with Crippen molar-refractivity contribution in [2.75, 3.05) is 5.75 Å². The van der Waals surface area contributed by atoms with Crippen LogP contribution in [0.4, 0.5) is 4.79 Å². The first-order chi connectivity index (χ1) is 15.5. The Labute approximate surface area is 194 Å². The second-order valence-corrected chi connectivity index (χ2v) is 10.4. The van der Waals surface area contributed by atoms with Gasteiger partial charge in [0.15, 0.2) is 9.84 Å². The van der Waals surface area contributed by atoms with E-state index < -0.39 is 45.1 Å². The molecule has 33 heavy (non-hydrogen) atoms. The minimum absolute atomic E-state index is 0.00195. The Balaban J connectivity index is 1.98. The Morgan fingerprint density at radius 3 is 2.09 bits per heavy atom. The zero-order chi connectivity index (χ0) is 24.5. The molecule has 2 aromatic carbocycles. The molecule has 0 spiro atoms. The molecule has 0 aliphatic heterocycles. The van der Waals surface area contributed by atoms with Crippen molar-refractivity contribution in [1.29, 1.82) is 0 Å². The molecule has 0 fully saturated rings. The molecule has 0 bridgehead atoms. The predicted octanol–water partition coefficient (Wildman–Crippen LogP) is 3.45. The van der Waals surface area contributed by atoms with Crippen molar-refractivity contribution in [3.63, 3.8) is 0 Å². The van der Waals surface area contributed by atoms with Crippen molar-refractivity contribution in [3.8, 4) is 0 Å². The van der Waals surface area contributed by atoms with E-state index in [4.69, 9.17) is 9.47 Å². The van der Waals surface area contributed by atoms with Gasteiger partial charge < -0.3 is 14.8 Å². The average molecular weight is 476 g/mol.